The van der Waals surface area contributed by atoms with E-state index in [2.05, 4.69) is 16.0 Å². The van der Waals surface area contributed by atoms with Crippen molar-refractivity contribution in [1.82, 2.24) is 16.0 Å². The van der Waals surface area contributed by atoms with E-state index in [4.69, 9.17) is 0 Å². The van der Waals surface area contributed by atoms with Gasteiger partial charge in [-0.2, -0.15) is 0 Å². The lowest BCUT2D eigenvalue weighted by atomic mass is 9.99. The summed E-state index contributed by atoms with van der Waals surface area (Å²) in [6, 6.07) is 28.5. The third kappa shape index (κ3) is 7.12. The van der Waals surface area contributed by atoms with Crippen molar-refractivity contribution in [2.45, 2.75) is 19.0 Å². The molecule has 0 fully saturated rings. The molecule has 158 valence electrons. The van der Waals surface area contributed by atoms with Gasteiger partial charge >= 0.3 is 11.8 Å². The molecule has 0 spiro atoms. The molecular weight excluding hydrogens is 390 g/mol. The molecule has 6 heteroatoms. The van der Waals surface area contributed by atoms with Crippen molar-refractivity contribution in [3.8, 4) is 0 Å². The van der Waals surface area contributed by atoms with Gasteiger partial charge in [-0.1, -0.05) is 91.0 Å². The maximum atomic E-state index is 12.5. The molecule has 0 aromatic heterocycles. The summed E-state index contributed by atoms with van der Waals surface area (Å²) in [7, 11) is 0. The standard InChI is InChI=1S/C25H25N3O3/c29-23(18-27-25(31)24(30)26-17-20-12-6-2-7-13-20)28-22(21-14-8-3-9-15-21)16-19-10-4-1-5-11-19/h1-15,22H,16-18H2,(H,26,30)(H,27,31)(H,28,29). The predicted molar refractivity (Wildman–Crippen MR) is 119 cm³/mol. The highest BCUT2D eigenvalue weighted by atomic mass is 16.2. The Morgan fingerprint density at radius 1 is 0.645 bits per heavy atom. The number of carbonyl (C=O) groups excluding carboxylic acids is 3. The van der Waals surface area contributed by atoms with Crippen LogP contribution < -0.4 is 16.0 Å². The van der Waals surface area contributed by atoms with E-state index in [1.807, 2.05) is 91.0 Å². The molecule has 0 aliphatic carbocycles. The van der Waals surface area contributed by atoms with E-state index in [0.29, 0.717) is 6.42 Å². The second-order valence-electron chi connectivity index (χ2n) is 7.07. The van der Waals surface area contributed by atoms with Crippen molar-refractivity contribution in [3.05, 3.63) is 108 Å². The van der Waals surface area contributed by atoms with Gasteiger partial charge in [0.05, 0.1) is 12.6 Å². The highest BCUT2D eigenvalue weighted by Gasteiger charge is 2.18. The lowest BCUT2D eigenvalue weighted by Gasteiger charge is -2.20. The molecule has 0 radical (unpaired) electrons. The summed E-state index contributed by atoms with van der Waals surface area (Å²) in [6.07, 6.45) is 0.613. The minimum Gasteiger partial charge on any atom is -0.347 e. The van der Waals surface area contributed by atoms with Crippen molar-refractivity contribution < 1.29 is 14.4 Å². The van der Waals surface area contributed by atoms with Crippen LogP contribution in [0.5, 0.6) is 0 Å². The minimum atomic E-state index is -0.842. The van der Waals surface area contributed by atoms with E-state index in [1.165, 1.54) is 0 Å². The highest BCUT2D eigenvalue weighted by molar-refractivity contribution is 6.35. The van der Waals surface area contributed by atoms with E-state index < -0.39 is 11.8 Å². The summed E-state index contributed by atoms with van der Waals surface area (Å²) in [5, 5.41) is 7.86. The molecule has 31 heavy (non-hydrogen) atoms. The zero-order valence-corrected chi connectivity index (χ0v) is 17.1. The zero-order valence-electron chi connectivity index (χ0n) is 17.1. The maximum Gasteiger partial charge on any atom is 0.309 e. The molecule has 0 bridgehead atoms. The maximum absolute atomic E-state index is 12.5. The first-order valence-electron chi connectivity index (χ1n) is 10.1. The van der Waals surface area contributed by atoms with Gasteiger partial charge in [-0.25, -0.2) is 0 Å². The van der Waals surface area contributed by atoms with Crippen LogP contribution in [0, 0.1) is 0 Å². The largest absolute Gasteiger partial charge is 0.347 e. The average Bonchev–Trinajstić information content (AvgIpc) is 2.82. The number of benzene rings is 3. The van der Waals surface area contributed by atoms with Gasteiger partial charge < -0.3 is 16.0 Å². The topological polar surface area (TPSA) is 87.3 Å². The first kappa shape index (κ1) is 21.8. The van der Waals surface area contributed by atoms with Gasteiger partial charge in [0.15, 0.2) is 0 Å². The lowest BCUT2D eigenvalue weighted by molar-refractivity contribution is -0.139. The van der Waals surface area contributed by atoms with Gasteiger partial charge in [0.2, 0.25) is 5.91 Å². The first-order valence-corrected chi connectivity index (χ1v) is 10.1. The molecule has 6 nitrogen and oxygen atoms in total. The van der Waals surface area contributed by atoms with Crippen molar-refractivity contribution in [1.29, 1.82) is 0 Å². The molecule has 0 heterocycles. The monoisotopic (exact) mass is 415 g/mol. The quantitative estimate of drug-likeness (QED) is 0.494. The smallest absolute Gasteiger partial charge is 0.309 e. The number of nitrogens with one attached hydrogen (secondary N) is 3. The van der Waals surface area contributed by atoms with E-state index in [0.717, 1.165) is 16.7 Å². The van der Waals surface area contributed by atoms with Gasteiger partial charge in [-0.3, -0.25) is 14.4 Å². The van der Waals surface area contributed by atoms with Crippen molar-refractivity contribution >= 4 is 17.7 Å². The number of carbonyl (C=O) groups is 3. The van der Waals surface area contributed by atoms with Gasteiger partial charge in [0, 0.05) is 6.54 Å². The summed E-state index contributed by atoms with van der Waals surface area (Å²) in [5.41, 5.74) is 2.93. The van der Waals surface area contributed by atoms with Gasteiger partial charge in [-0.05, 0) is 23.1 Å². The number of amides is 3. The Morgan fingerprint density at radius 3 is 1.77 bits per heavy atom. The fourth-order valence-electron chi connectivity index (χ4n) is 3.13. The third-order valence-corrected chi connectivity index (χ3v) is 4.73. The Kier molecular flexibility index (Phi) is 7.94. The second-order valence-corrected chi connectivity index (χ2v) is 7.07. The average molecular weight is 415 g/mol. The molecule has 3 amide bonds. The summed E-state index contributed by atoms with van der Waals surface area (Å²) in [5.74, 6) is -1.99. The SMILES string of the molecule is O=C(CNC(=O)C(=O)NCc1ccccc1)NC(Cc1ccccc1)c1ccccc1. The van der Waals surface area contributed by atoms with Gasteiger partial charge in [-0.15, -0.1) is 0 Å². The molecule has 3 N–H and O–H groups in total. The number of rotatable bonds is 8. The van der Waals surface area contributed by atoms with E-state index in [-0.39, 0.29) is 25.0 Å². The first-order chi connectivity index (χ1) is 15.1. The fourth-order valence-corrected chi connectivity index (χ4v) is 3.13. The molecule has 0 saturated heterocycles. The van der Waals surface area contributed by atoms with Gasteiger partial charge in [0.1, 0.15) is 0 Å². The fraction of sp³-hybridized carbons (Fsp3) is 0.160. The molecule has 3 aromatic rings. The molecule has 1 atom stereocenters. The molecular formula is C25H25N3O3. The Hall–Kier alpha value is -3.93. The summed E-state index contributed by atoms with van der Waals surface area (Å²) in [4.78, 5) is 36.4. The van der Waals surface area contributed by atoms with Crippen LogP contribution in [0.3, 0.4) is 0 Å². The normalized spacial score (nSPS) is 11.2. The summed E-state index contributed by atoms with van der Waals surface area (Å²) in [6.45, 7) is -0.0395. The van der Waals surface area contributed by atoms with Crippen LogP contribution in [0.1, 0.15) is 22.7 Å². The molecule has 0 aliphatic heterocycles. The molecule has 3 rings (SSSR count). The van der Waals surface area contributed by atoms with Crippen LogP contribution in [-0.2, 0) is 27.3 Å². The Labute approximate surface area is 181 Å². The lowest BCUT2D eigenvalue weighted by Crippen LogP contribution is -2.44. The van der Waals surface area contributed by atoms with Gasteiger partial charge in [0.25, 0.3) is 0 Å². The molecule has 0 aliphatic rings. The van der Waals surface area contributed by atoms with Crippen LogP contribution in [-0.4, -0.2) is 24.3 Å². The second kappa shape index (κ2) is 11.3. The molecule has 1 unspecified atom stereocenters. The number of hydrogen-bond donors (Lipinski definition) is 3. The van der Waals surface area contributed by atoms with Crippen molar-refractivity contribution in [2.75, 3.05) is 6.54 Å². The van der Waals surface area contributed by atoms with E-state index >= 15 is 0 Å². The van der Waals surface area contributed by atoms with Crippen LogP contribution >= 0.6 is 0 Å². The number of hydrogen-bond acceptors (Lipinski definition) is 3. The van der Waals surface area contributed by atoms with E-state index in [1.54, 1.807) is 0 Å². The Morgan fingerprint density at radius 2 is 1.16 bits per heavy atom. The predicted octanol–water partition coefficient (Wildman–Crippen LogP) is 2.52. The molecule has 0 saturated carbocycles. The van der Waals surface area contributed by atoms with Crippen LogP contribution in [0.15, 0.2) is 91.0 Å². The Balaban J connectivity index is 1.51. The van der Waals surface area contributed by atoms with Crippen LogP contribution in [0.2, 0.25) is 0 Å². The van der Waals surface area contributed by atoms with Crippen molar-refractivity contribution in [2.24, 2.45) is 0 Å². The third-order valence-electron chi connectivity index (χ3n) is 4.73. The minimum absolute atomic E-state index is 0.243. The highest BCUT2D eigenvalue weighted by Crippen LogP contribution is 2.18. The summed E-state index contributed by atoms with van der Waals surface area (Å²) >= 11 is 0. The molecule has 3 aromatic carbocycles. The Bertz CT molecular complexity index is 992. The van der Waals surface area contributed by atoms with Crippen LogP contribution in [0.4, 0.5) is 0 Å². The van der Waals surface area contributed by atoms with E-state index in [9.17, 15) is 14.4 Å². The zero-order chi connectivity index (χ0) is 21.9. The summed E-state index contributed by atoms with van der Waals surface area (Å²) < 4.78 is 0. The van der Waals surface area contributed by atoms with Crippen LogP contribution in [0.25, 0.3) is 0 Å². The van der Waals surface area contributed by atoms with Crippen molar-refractivity contribution in [3.63, 3.8) is 0 Å².